The molecule has 0 radical (unpaired) electrons. The Morgan fingerprint density at radius 3 is 3.20 bits per heavy atom. The van der Waals surface area contributed by atoms with Crippen molar-refractivity contribution in [3.05, 3.63) is 22.7 Å². The molecule has 15 heavy (non-hydrogen) atoms. The molecular formula is C8H12N3O3S+. The number of nitrogens with one attached hydrogen (secondary N) is 1. The van der Waals surface area contributed by atoms with E-state index in [0.717, 1.165) is 0 Å². The maximum absolute atomic E-state index is 11.5. The number of aliphatic hydroxyl groups excluding tert-OH is 1. The van der Waals surface area contributed by atoms with Crippen LogP contribution in [0.1, 0.15) is 6.23 Å². The molecule has 0 aliphatic carbocycles. The summed E-state index contributed by atoms with van der Waals surface area (Å²) in [4.78, 5) is 14.0. The normalized spacial score (nSPS) is 25.7. The maximum atomic E-state index is 11.5. The zero-order valence-corrected chi connectivity index (χ0v) is 8.74. The van der Waals surface area contributed by atoms with E-state index in [4.69, 9.17) is 15.6 Å². The fourth-order valence-corrected chi connectivity index (χ4v) is 2.30. The van der Waals surface area contributed by atoms with Gasteiger partial charge in [-0.05, 0) is 0 Å². The molecule has 0 amide bonds. The third-order valence-corrected chi connectivity index (χ3v) is 3.20. The number of rotatable bonds is 2. The lowest BCUT2D eigenvalue weighted by Crippen LogP contribution is -2.55. The zero-order valence-electron chi connectivity index (χ0n) is 7.92. The van der Waals surface area contributed by atoms with Crippen molar-refractivity contribution in [1.82, 2.24) is 4.98 Å². The van der Waals surface area contributed by atoms with Gasteiger partial charge in [0, 0.05) is 6.07 Å². The molecule has 1 saturated heterocycles. The number of hydrogen-bond acceptors (Lipinski definition) is 5. The van der Waals surface area contributed by atoms with E-state index in [1.807, 2.05) is 0 Å². The lowest BCUT2D eigenvalue weighted by molar-refractivity contribution is -0.770. The lowest BCUT2D eigenvalue weighted by atomic mass is 10.5. The highest BCUT2D eigenvalue weighted by Gasteiger charge is 2.31. The van der Waals surface area contributed by atoms with Crippen LogP contribution in [0.5, 0.6) is 0 Å². The van der Waals surface area contributed by atoms with Crippen LogP contribution in [0.4, 0.5) is 5.82 Å². The summed E-state index contributed by atoms with van der Waals surface area (Å²) in [5.74, 6) is 0.962. The summed E-state index contributed by atoms with van der Waals surface area (Å²) in [6.07, 6.45) is 1.25. The van der Waals surface area contributed by atoms with Crippen LogP contribution in [0.2, 0.25) is 0 Å². The summed E-state index contributed by atoms with van der Waals surface area (Å²) in [5, 5.41) is 8.88. The number of aromatic amines is 1. The third kappa shape index (κ3) is 2.14. The van der Waals surface area contributed by atoms with Crippen LogP contribution < -0.4 is 16.0 Å². The first-order valence-electron chi connectivity index (χ1n) is 4.48. The van der Waals surface area contributed by atoms with E-state index >= 15 is 0 Å². The monoisotopic (exact) mass is 230 g/mol. The average molecular weight is 230 g/mol. The smallest absolute Gasteiger partial charge is 0.393 e. The Morgan fingerprint density at radius 2 is 2.60 bits per heavy atom. The summed E-state index contributed by atoms with van der Waals surface area (Å²) in [5.41, 5.74) is 4.87. The Bertz CT molecular complexity index is 408. The molecule has 1 fully saturated rings. The van der Waals surface area contributed by atoms with Crippen LogP contribution in [-0.4, -0.2) is 27.9 Å². The highest BCUT2D eigenvalue weighted by atomic mass is 32.2. The molecule has 0 aromatic carbocycles. The zero-order chi connectivity index (χ0) is 10.8. The number of hydrogen-bond donors (Lipinski definition) is 3. The molecule has 0 spiro atoms. The third-order valence-electron chi connectivity index (χ3n) is 2.09. The second kappa shape index (κ2) is 4.21. The van der Waals surface area contributed by atoms with Crippen molar-refractivity contribution in [2.24, 2.45) is 0 Å². The summed E-state index contributed by atoms with van der Waals surface area (Å²) in [6, 6.07) is 1.60. The van der Waals surface area contributed by atoms with E-state index in [0.29, 0.717) is 11.6 Å². The Hall–Kier alpha value is -1.05. The van der Waals surface area contributed by atoms with E-state index in [9.17, 15) is 4.79 Å². The molecular weight excluding hydrogens is 218 g/mol. The molecule has 4 N–H and O–H groups in total. The fourth-order valence-electron chi connectivity index (χ4n) is 1.37. The molecule has 0 bridgehead atoms. The van der Waals surface area contributed by atoms with Gasteiger partial charge in [0.05, 0.1) is 12.4 Å². The standard InChI is InChI=1S/C8H11N3O3S/c9-5-1-2-11(8(13)10-5)6-4-15-7(3-12)14-6/h1-2,6-7,12H,3-4H2,(H2,9,10,13)/p+1/t6-,7+/m0/s1. The van der Waals surface area contributed by atoms with Gasteiger partial charge in [-0.25, -0.2) is 0 Å². The topological polar surface area (TPSA) is 92.2 Å². The predicted molar refractivity (Wildman–Crippen MR) is 55.1 cm³/mol. The number of nitrogen functional groups attached to an aromatic ring is 1. The summed E-state index contributed by atoms with van der Waals surface area (Å²) in [6.45, 7) is -0.0470. The van der Waals surface area contributed by atoms with Gasteiger partial charge in [0.1, 0.15) is 11.6 Å². The predicted octanol–water partition coefficient (Wildman–Crippen LogP) is -1.18. The van der Waals surface area contributed by atoms with Crippen molar-refractivity contribution in [1.29, 1.82) is 0 Å². The Morgan fingerprint density at radius 1 is 1.80 bits per heavy atom. The number of nitrogens with zero attached hydrogens (tertiary/aromatic N) is 1. The van der Waals surface area contributed by atoms with Crippen LogP contribution in [-0.2, 0) is 4.74 Å². The van der Waals surface area contributed by atoms with Gasteiger partial charge in [-0.1, -0.05) is 0 Å². The molecule has 0 unspecified atom stereocenters. The lowest BCUT2D eigenvalue weighted by Gasteiger charge is -2.07. The second-order valence-corrected chi connectivity index (χ2v) is 4.34. The van der Waals surface area contributed by atoms with Gasteiger partial charge in [-0.3, -0.25) is 0 Å². The molecule has 2 rings (SSSR count). The van der Waals surface area contributed by atoms with E-state index < -0.39 is 0 Å². The highest BCUT2D eigenvalue weighted by molar-refractivity contribution is 8.00. The second-order valence-electron chi connectivity index (χ2n) is 3.14. The maximum Gasteiger partial charge on any atom is 0.499 e. The molecule has 6 nitrogen and oxygen atoms in total. The highest BCUT2D eigenvalue weighted by Crippen LogP contribution is 2.27. The van der Waals surface area contributed by atoms with Crippen molar-refractivity contribution >= 4 is 17.6 Å². The first-order valence-corrected chi connectivity index (χ1v) is 5.53. The minimum absolute atomic E-state index is 0.0470. The number of anilines is 1. The first kappa shape index (κ1) is 10.5. The van der Waals surface area contributed by atoms with Gasteiger partial charge in [-0.2, -0.15) is 14.3 Å². The molecule has 82 valence electrons. The Labute approximate surface area is 90.1 Å². The average Bonchev–Trinajstić information content (AvgIpc) is 2.66. The molecule has 1 aliphatic rings. The van der Waals surface area contributed by atoms with Gasteiger partial charge in [0.15, 0.2) is 5.82 Å². The van der Waals surface area contributed by atoms with E-state index in [1.165, 1.54) is 16.3 Å². The van der Waals surface area contributed by atoms with Crippen molar-refractivity contribution in [3.63, 3.8) is 0 Å². The number of aromatic nitrogens is 2. The van der Waals surface area contributed by atoms with Crippen molar-refractivity contribution in [3.8, 4) is 0 Å². The largest absolute Gasteiger partial charge is 0.499 e. The molecule has 7 heteroatoms. The number of thioether (sulfide) groups is 1. The quantitative estimate of drug-likeness (QED) is 0.556. The molecule has 2 heterocycles. The van der Waals surface area contributed by atoms with E-state index in [1.54, 1.807) is 12.3 Å². The number of aliphatic hydroxyl groups is 1. The van der Waals surface area contributed by atoms with Gasteiger partial charge in [0.25, 0.3) is 0 Å². The van der Waals surface area contributed by atoms with Gasteiger partial charge >= 0.3 is 5.69 Å². The van der Waals surface area contributed by atoms with Crippen LogP contribution in [0, 0.1) is 0 Å². The van der Waals surface area contributed by atoms with Crippen molar-refractivity contribution in [2.75, 3.05) is 18.1 Å². The first-order chi connectivity index (χ1) is 7.20. The van der Waals surface area contributed by atoms with Crippen molar-refractivity contribution in [2.45, 2.75) is 11.7 Å². The van der Waals surface area contributed by atoms with Crippen LogP contribution in [0.15, 0.2) is 17.1 Å². The van der Waals surface area contributed by atoms with E-state index in [2.05, 4.69) is 4.98 Å². The summed E-state index contributed by atoms with van der Waals surface area (Å²) in [7, 11) is 0. The Balaban J connectivity index is 2.20. The minimum atomic E-state index is -0.337. The molecule has 2 atom stereocenters. The molecule has 0 saturated carbocycles. The van der Waals surface area contributed by atoms with E-state index in [-0.39, 0.29) is 24.0 Å². The van der Waals surface area contributed by atoms with Crippen LogP contribution in [0.3, 0.4) is 0 Å². The summed E-state index contributed by atoms with van der Waals surface area (Å²) >= 11 is 1.48. The molecule has 1 aromatic heterocycles. The fraction of sp³-hybridized carbons (Fsp3) is 0.500. The molecule has 1 aliphatic heterocycles. The number of H-pyrrole nitrogens is 1. The van der Waals surface area contributed by atoms with Crippen LogP contribution >= 0.6 is 11.8 Å². The van der Waals surface area contributed by atoms with Crippen LogP contribution in [0.25, 0.3) is 0 Å². The van der Waals surface area contributed by atoms with Gasteiger partial charge in [-0.15, -0.1) is 11.8 Å². The number of ether oxygens (including phenoxy) is 1. The summed E-state index contributed by atoms with van der Waals surface area (Å²) < 4.78 is 6.86. The van der Waals surface area contributed by atoms with Gasteiger partial charge in [0.2, 0.25) is 6.23 Å². The number of nitrogens with two attached hydrogens (primary N) is 1. The SMILES string of the molecule is Nc1cc[n+]([C@@H]2CS[C@H](CO)O2)c(=O)[nH]1. The van der Waals surface area contributed by atoms with Crippen molar-refractivity contribution < 1.29 is 14.4 Å². The minimum Gasteiger partial charge on any atom is -0.393 e. The Kier molecular flexibility index (Phi) is 2.94. The van der Waals surface area contributed by atoms with Gasteiger partial charge < -0.3 is 15.6 Å². The molecule has 1 aromatic rings.